The van der Waals surface area contributed by atoms with Crippen LogP contribution in [0.3, 0.4) is 0 Å². The lowest BCUT2D eigenvalue weighted by molar-refractivity contribution is 0.0491. The first-order valence-electron chi connectivity index (χ1n) is 10.7. The second kappa shape index (κ2) is 8.33. The molecule has 1 saturated carbocycles. The van der Waals surface area contributed by atoms with Crippen LogP contribution in [-0.4, -0.2) is 61.3 Å². The molecule has 3 heterocycles. The molecule has 2 aliphatic heterocycles. The molecule has 154 valence electrons. The predicted molar refractivity (Wildman–Crippen MR) is 109 cm³/mol. The molecule has 3 fully saturated rings. The molecule has 0 aromatic carbocycles. The van der Waals surface area contributed by atoms with Crippen molar-refractivity contribution in [1.82, 2.24) is 20.6 Å². The van der Waals surface area contributed by atoms with Gasteiger partial charge in [0.2, 0.25) is 5.82 Å². The van der Waals surface area contributed by atoms with Crippen LogP contribution >= 0.6 is 0 Å². The Bertz CT molecular complexity index is 715. The van der Waals surface area contributed by atoms with Crippen molar-refractivity contribution in [2.24, 2.45) is 11.8 Å². The Morgan fingerprint density at radius 2 is 1.82 bits per heavy atom. The summed E-state index contributed by atoms with van der Waals surface area (Å²) in [5.41, 5.74) is 1.94. The van der Waals surface area contributed by atoms with Gasteiger partial charge in [-0.1, -0.05) is 0 Å². The fraction of sp³-hybridized carbons (Fsp3) is 0.762. The molecule has 2 N–H and O–H groups in total. The number of carbonyl (C=O) groups excluding carboxylic acids is 1. The third-order valence-electron chi connectivity index (χ3n) is 6.61. The lowest BCUT2D eigenvalue weighted by Crippen LogP contribution is -2.47. The van der Waals surface area contributed by atoms with E-state index in [2.05, 4.69) is 25.5 Å². The number of rotatable bonds is 6. The van der Waals surface area contributed by atoms with Crippen LogP contribution in [0, 0.1) is 25.7 Å². The first kappa shape index (κ1) is 19.6. The van der Waals surface area contributed by atoms with Crippen LogP contribution in [0.15, 0.2) is 0 Å². The summed E-state index contributed by atoms with van der Waals surface area (Å²) in [7, 11) is 1.62. The number of aryl methyl sites for hydroxylation is 1. The van der Waals surface area contributed by atoms with E-state index >= 15 is 0 Å². The van der Waals surface area contributed by atoms with Crippen LogP contribution in [0.5, 0.6) is 0 Å². The van der Waals surface area contributed by atoms with Gasteiger partial charge in [-0.2, -0.15) is 0 Å². The summed E-state index contributed by atoms with van der Waals surface area (Å²) in [4.78, 5) is 23.3. The highest BCUT2D eigenvalue weighted by atomic mass is 16.5. The molecular weight excluding hydrogens is 354 g/mol. The number of nitrogens with one attached hydrogen (secondary N) is 2. The molecule has 2 saturated heterocycles. The van der Waals surface area contributed by atoms with E-state index in [1.165, 1.54) is 25.7 Å². The van der Waals surface area contributed by atoms with Crippen LogP contribution in [0.2, 0.25) is 0 Å². The first-order chi connectivity index (χ1) is 13.6. The molecule has 0 radical (unpaired) electrons. The largest absolute Gasteiger partial charge is 0.381 e. The zero-order valence-electron chi connectivity index (χ0n) is 17.3. The molecule has 28 heavy (non-hydrogen) atoms. The van der Waals surface area contributed by atoms with Crippen molar-refractivity contribution in [3.63, 3.8) is 0 Å². The van der Waals surface area contributed by atoms with Crippen molar-refractivity contribution >= 4 is 11.7 Å². The van der Waals surface area contributed by atoms with Gasteiger partial charge in [-0.3, -0.25) is 4.79 Å². The van der Waals surface area contributed by atoms with Gasteiger partial charge in [0.15, 0.2) is 0 Å². The van der Waals surface area contributed by atoms with Gasteiger partial charge < -0.3 is 20.3 Å². The molecule has 4 rings (SSSR count). The second-order valence-electron chi connectivity index (χ2n) is 8.57. The van der Waals surface area contributed by atoms with E-state index in [0.717, 1.165) is 61.6 Å². The molecule has 1 amide bonds. The minimum Gasteiger partial charge on any atom is -0.381 e. The van der Waals surface area contributed by atoms with Crippen LogP contribution < -0.4 is 15.5 Å². The van der Waals surface area contributed by atoms with Crippen molar-refractivity contribution < 1.29 is 9.53 Å². The molecular formula is C21H33N5O2. The summed E-state index contributed by atoms with van der Waals surface area (Å²) < 4.78 is 5.58. The fourth-order valence-corrected chi connectivity index (χ4v) is 4.68. The lowest BCUT2D eigenvalue weighted by atomic mass is 9.88. The Morgan fingerprint density at radius 3 is 2.50 bits per heavy atom. The van der Waals surface area contributed by atoms with E-state index in [1.54, 1.807) is 7.05 Å². The molecule has 2 atom stereocenters. The van der Waals surface area contributed by atoms with E-state index < -0.39 is 0 Å². The number of hydrogen-bond donors (Lipinski definition) is 2. The summed E-state index contributed by atoms with van der Waals surface area (Å²) in [6.45, 7) is 7.73. The maximum Gasteiger partial charge on any atom is 0.288 e. The van der Waals surface area contributed by atoms with E-state index in [0.29, 0.717) is 12.1 Å². The summed E-state index contributed by atoms with van der Waals surface area (Å²) in [5, 5.41) is 6.64. The van der Waals surface area contributed by atoms with Gasteiger partial charge in [-0.15, -0.1) is 0 Å². The minimum atomic E-state index is -0.230. The first-order valence-corrected chi connectivity index (χ1v) is 10.7. The Kier molecular flexibility index (Phi) is 5.83. The topological polar surface area (TPSA) is 79.4 Å². The molecule has 1 unspecified atom stereocenters. The monoisotopic (exact) mass is 387 g/mol. The molecule has 1 aliphatic carbocycles. The molecule has 1 aromatic heterocycles. The van der Waals surface area contributed by atoms with E-state index in [-0.39, 0.29) is 11.7 Å². The Morgan fingerprint density at radius 1 is 1.11 bits per heavy atom. The van der Waals surface area contributed by atoms with Crippen molar-refractivity contribution in [1.29, 1.82) is 0 Å². The van der Waals surface area contributed by atoms with Gasteiger partial charge in [0, 0.05) is 56.7 Å². The SMILES string of the molecule is CNC(=O)c1nc(C)c(C)c(N2CC[C@@H](NC(C3CCOCC3)C3CC3)C2)n1. The summed E-state index contributed by atoms with van der Waals surface area (Å²) >= 11 is 0. The van der Waals surface area contributed by atoms with Gasteiger partial charge in [0.25, 0.3) is 5.91 Å². The number of nitrogens with zero attached hydrogens (tertiary/aromatic N) is 3. The standard InChI is InChI=1S/C21H33N5O2/c1-13-14(2)23-19(21(27)22-3)25-20(13)26-9-6-17(12-26)24-18(15-4-5-15)16-7-10-28-11-8-16/h15-18,24H,4-12H2,1-3H3,(H,22,27)/t17-,18?/m1/s1. The van der Waals surface area contributed by atoms with Crippen molar-refractivity contribution in [2.45, 2.75) is 58.0 Å². The Hall–Kier alpha value is -1.73. The number of carbonyl (C=O) groups is 1. The van der Waals surface area contributed by atoms with Gasteiger partial charge in [0.1, 0.15) is 5.82 Å². The van der Waals surface area contributed by atoms with Crippen LogP contribution in [0.4, 0.5) is 5.82 Å². The van der Waals surface area contributed by atoms with Crippen molar-refractivity contribution in [2.75, 3.05) is 38.3 Å². The van der Waals surface area contributed by atoms with Crippen molar-refractivity contribution in [3.05, 3.63) is 17.1 Å². The molecule has 7 nitrogen and oxygen atoms in total. The Balaban J connectivity index is 1.45. The van der Waals surface area contributed by atoms with E-state index in [9.17, 15) is 4.79 Å². The minimum absolute atomic E-state index is 0.230. The van der Waals surface area contributed by atoms with E-state index in [4.69, 9.17) is 4.74 Å². The highest BCUT2D eigenvalue weighted by molar-refractivity contribution is 5.90. The molecule has 0 bridgehead atoms. The van der Waals surface area contributed by atoms with Gasteiger partial charge in [-0.05, 0) is 57.8 Å². The fourth-order valence-electron chi connectivity index (χ4n) is 4.68. The molecule has 0 spiro atoms. The lowest BCUT2D eigenvalue weighted by Gasteiger charge is -2.33. The average molecular weight is 388 g/mol. The van der Waals surface area contributed by atoms with Crippen LogP contribution in [0.25, 0.3) is 0 Å². The summed E-state index contributed by atoms with van der Waals surface area (Å²) in [5.74, 6) is 2.53. The van der Waals surface area contributed by atoms with Crippen LogP contribution in [0.1, 0.15) is 54.0 Å². The van der Waals surface area contributed by atoms with Gasteiger partial charge >= 0.3 is 0 Å². The zero-order valence-corrected chi connectivity index (χ0v) is 17.3. The third-order valence-corrected chi connectivity index (χ3v) is 6.61. The molecule has 3 aliphatic rings. The van der Waals surface area contributed by atoms with Crippen LogP contribution in [-0.2, 0) is 4.74 Å². The molecule has 1 aromatic rings. The maximum atomic E-state index is 12.0. The number of anilines is 1. The summed E-state index contributed by atoms with van der Waals surface area (Å²) in [6, 6.07) is 1.11. The normalized spacial score (nSPS) is 24.4. The predicted octanol–water partition coefficient (Wildman–Crippen LogP) is 1.83. The highest BCUT2D eigenvalue weighted by Gasteiger charge is 2.39. The summed E-state index contributed by atoms with van der Waals surface area (Å²) in [6.07, 6.45) is 6.22. The second-order valence-corrected chi connectivity index (χ2v) is 8.57. The third kappa shape index (κ3) is 4.15. The van der Waals surface area contributed by atoms with E-state index in [1.807, 2.05) is 13.8 Å². The number of ether oxygens (including phenoxy) is 1. The number of hydrogen-bond acceptors (Lipinski definition) is 6. The maximum absolute atomic E-state index is 12.0. The average Bonchev–Trinajstić information content (AvgIpc) is 3.46. The van der Waals surface area contributed by atoms with Gasteiger partial charge in [0.05, 0.1) is 0 Å². The van der Waals surface area contributed by atoms with Gasteiger partial charge in [-0.25, -0.2) is 9.97 Å². The zero-order chi connectivity index (χ0) is 19.7. The Labute approximate surface area is 167 Å². The number of aromatic nitrogens is 2. The van der Waals surface area contributed by atoms with Crippen molar-refractivity contribution in [3.8, 4) is 0 Å². The highest BCUT2D eigenvalue weighted by Crippen LogP contribution is 2.39. The number of amides is 1. The molecule has 7 heteroatoms. The smallest absolute Gasteiger partial charge is 0.288 e. The quantitative estimate of drug-likeness (QED) is 0.775.